The Balaban J connectivity index is 1.86. The summed E-state index contributed by atoms with van der Waals surface area (Å²) in [6.45, 7) is 9.01. The first-order valence-corrected chi connectivity index (χ1v) is 13.1. The zero-order valence-electron chi connectivity index (χ0n) is 19.3. The van der Waals surface area contributed by atoms with E-state index in [2.05, 4.69) is 4.90 Å². The minimum absolute atomic E-state index is 0.163. The molecule has 0 amide bonds. The van der Waals surface area contributed by atoms with Crippen LogP contribution in [0.25, 0.3) is 0 Å². The van der Waals surface area contributed by atoms with E-state index in [4.69, 9.17) is 23.2 Å². The summed E-state index contributed by atoms with van der Waals surface area (Å²) >= 11 is 12.2. The summed E-state index contributed by atoms with van der Waals surface area (Å²) in [5, 5.41) is 10.4. The Kier molecular flexibility index (Phi) is 8.12. The quantitative estimate of drug-likeness (QED) is 0.573. The number of benzene rings is 2. The van der Waals surface area contributed by atoms with E-state index in [-0.39, 0.29) is 23.4 Å². The van der Waals surface area contributed by atoms with Gasteiger partial charge in [-0.25, -0.2) is 8.42 Å². The van der Waals surface area contributed by atoms with Crippen molar-refractivity contribution in [1.29, 1.82) is 0 Å². The van der Waals surface area contributed by atoms with Crippen molar-refractivity contribution in [3.05, 3.63) is 63.1 Å². The second-order valence-electron chi connectivity index (χ2n) is 8.97. The average Bonchev–Trinajstić information content (AvgIpc) is 2.71. The maximum atomic E-state index is 13.8. The summed E-state index contributed by atoms with van der Waals surface area (Å²) in [6, 6.07) is 10.1. The monoisotopic (exact) mass is 512 g/mol. The Morgan fingerprint density at radius 2 is 1.76 bits per heavy atom. The molecule has 0 radical (unpaired) electrons. The Morgan fingerprint density at radius 3 is 2.33 bits per heavy atom. The van der Waals surface area contributed by atoms with E-state index in [9.17, 15) is 18.3 Å². The lowest BCUT2D eigenvalue weighted by Crippen LogP contribution is -2.58. The van der Waals surface area contributed by atoms with Crippen LogP contribution in [0, 0.1) is 12.8 Å². The predicted octanol–water partition coefficient (Wildman–Crippen LogP) is 4.85. The van der Waals surface area contributed by atoms with Gasteiger partial charge in [0.2, 0.25) is 10.0 Å². The van der Waals surface area contributed by atoms with Gasteiger partial charge in [-0.2, -0.15) is 4.31 Å². The normalized spacial score (nSPS) is 21.2. The first kappa shape index (κ1) is 26.0. The molecule has 0 bridgehead atoms. The predicted molar refractivity (Wildman–Crippen MR) is 131 cm³/mol. The Bertz CT molecular complexity index is 1130. The number of halogens is 2. The number of sulfonamides is 1. The van der Waals surface area contributed by atoms with Crippen molar-refractivity contribution < 1.29 is 18.3 Å². The fraction of sp³-hybridized carbons (Fsp3) is 0.458. The Labute approximate surface area is 206 Å². The van der Waals surface area contributed by atoms with Crippen molar-refractivity contribution >= 4 is 39.2 Å². The molecule has 0 aromatic heterocycles. The molecule has 2 aromatic carbocycles. The van der Waals surface area contributed by atoms with Crippen molar-refractivity contribution in [3.63, 3.8) is 0 Å². The Hall–Kier alpha value is -1.64. The molecule has 33 heavy (non-hydrogen) atoms. The van der Waals surface area contributed by atoms with E-state index in [0.29, 0.717) is 35.2 Å². The SMILES string of the molecule is Cc1cccc(S(=O)(=O)N2[C@H](C)CN(Cc3ccc(Cl)c(Cl)c3)C[C@@H]2C)c1CC(C)C(=O)O. The lowest BCUT2D eigenvalue weighted by Gasteiger charge is -2.43. The molecule has 1 aliphatic heterocycles. The molecule has 1 unspecified atom stereocenters. The molecule has 0 saturated carbocycles. The van der Waals surface area contributed by atoms with Gasteiger partial charge in [-0.3, -0.25) is 9.69 Å². The molecule has 1 heterocycles. The van der Waals surface area contributed by atoms with Gasteiger partial charge in [-0.15, -0.1) is 0 Å². The molecule has 1 saturated heterocycles. The summed E-state index contributed by atoms with van der Waals surface area (Å²) in [6.07, 6.45) is 0.163. The van der Waals surface area contributed by atoms with Gasteiger partial charge in [0.1, 0.15) is 0 Å². The largest absolute Gasteiger partial charge is 0.481 e. The van der Waals surface area contributed by atoms with Crippen LogP contribution in [0.3, 0.4) is 0 Å². The smallest absolute Gasteiger partial charge is 0.306 e. The number of aryl methyl sites for hydroxylation is 1. The van der Waals surface area contributed by atoms with Gasteiger partial charge in [0.25, 0.3) is 0 Å². The zero-order valence-corrected chi connectivity index (χ0v) is 21.6. The molecule has 1 N–H and O–H groups in total. The maximum Gasteiger partial charge on any atom is 0.306 e. The maximum absolute atomic E-state index is 13.8. The minimum atomic E-state index is -3.82. The minimum Gasteiger partial charge on any atom is -0.481 e. The van der Waals surface area contributed by atoms with Crippen LogP contribution in [0.15, 0.2) is 41.3 Å². The van der Waals surface area contributed by atoms with Crippen molar-refractivity contribution in [2.24, 2.45) is 5.92 Å². The van der Waals surface area contributed by atoms with Crippen molar-refractivity contribution in [2.45, 2.75) is 57.6 Å². The average molecular weight is 513 g/mol. The van der Waals surface area contributed by atoms with Crippen LogP contribution in [0.1, 0.15) is 37.5 Å². The molecule has 9 heteroatoms. The molecule has 3 rings (SSSR count). The highest BCUT2D eigenvalue weighted by atomic mass is 35.5. The fourth-order valence-corrected chi connectivity index (χ4v) is 7.04. The van der Waals surface area contributed by atoms with E-state index in [1.807, 2.05) is 39.0 Å². The summed E-state index contributed by atoms with van der Waals surface area (Å²) in [4.78, 5) is 13.8. The van der Waals surface area contributed by atoms with Crippen molar-refractivity contribution in [2.75, 3.05) is 13.1 Å². The molecule has 0 aliphatic carbocycles. The fourth-order valence-electron chi connectivity index (χ4n) is 4.60. The van der Waals surface area contributed by atoms with Gasteiger partial charge in [0.15, 0.2) is 0 Å². The first-order valence-electron chi connectivity index (χ1n) is 10.9. The molecule has 6 nitrogen and oxygen atoms in total. The summed E-state index contributed by atoms with van der Waals surface area (Å²) in [7, 11) is -3.82. The lowest BCUT2D eigenvalue weighted by atomic mass is 9.97. The number of carboxylic acids is 1. The van der Waals surface area contributed by atoms with Crippen LogP contribution in [-0.4, -0.2) is 53.9 Å². The highest BCUT2D eigenvalue weighted by Crippen LogP contribution is 2.31. The van der Waals surface area contributed by atoms with E-state index in [1.165, 1.54) is 0 Å². The third-order valence-corrected chi connectivity index (χ3v) is 9.11. The highest BCUT2D eigenvalue weighted by Gasteiger charge is 2.39. The van der Waals surface area contributed by atoms with Crippen LogP contribution in [-0.2, 0) is 27.8 Å². The summed E-state index contributed by atoms with van der Waals surface area (Å²) in [5.74, 6) is -1.63. The molecular formula is C24H30Cl2N2O4S. The second-order valence-corrected chi connectivity index (χ2v) is 11.6. The van der Waals surface area contributed by atoms with Crippen LogP contribution >= 0.6 is 23.2 Å². The van der Waals surface area contributed by atoms with Gasteiger partial charge >= 0.3 is 5.97 Å². The number of nitrogens with zero attached hydrogens (tertiary/aromatic N) is 2. The van der Waals surface area contributed by atoms with Crippen LogP contribution in [0.5, 0.6) is 0 Å². The van der Waals surface area contributed by atoms with Crippen molar-refractivity contribution in [3.8, 4) is 0 Å². The summed E-state index contributed by atoms with van der Waals surface area (Å²) in [5.41, 5.74) is 2.37. The van der Waals surface area contributed by atoms with E-state index in [1.54, 1.807) is 29.4 Å². The standard InChI is InChI=1S/C24H30Cl2N2O4S/c1-15-6-5-7-23(20(15)10-16(2)24(29)30)33(31,32)28-17(3)12-27(13-18(28)4)14-19-8-9-21(25)22(26)11-19/h5-9,11,16-18H,10,12-14H2,1-4H3,(H,29,30)/t16?,17-,18+. The van der Waals surface area contributed by atoms with Crippen molar-refractivity contribution in [1.82, 2.24) is 9.21 Å². The van der Waals surface area contributed by atoms with Gasteiger partial charge in [-0.05, 0) is 62.1 Å². The van der Waals surface area contributed by atoms with Gasteiger partial charge in [0.05, 0.1) is 20.9 Å². The number of hydrogen-bond acceptors (Lipinski definition) is 4. The molecule has 1 aliphatic rings. The van der Waals surface area contributed by atoms with Gasteiger partial charge in [0, 0.05) is 31.7 Å². The second kappa shape index (κ2) is 10.3. The topological polar surface area (TPSA) is 77.9 Å². The number of carbonyl (C=O) groups is 1. The number of hydrogen-bond donors (Lipinski definition) is 1. The van der Waals surface area contributed by atoms with E-state index >= 15 is 0 Å². The molecular weight excluding hydrogens is 483 g/mol. The third-order valence-electron chi connectivity index (χ3n) is 6.16. The number of rotatable bonds is 7. The van der Waals surface area contributed by atoms with Gasteiger partial charge < -0.3 is 5.11 Å². The van der Waals surface area contributed by atoms with Gasteiger partial charge in [-0.1, -0.05) is 48.3 Å². The lowest BCUT2D eigenvalue weighted by molar-refractivity contribution is -0.141. The van der Waals surface area contributed by atoms with Crippen LogP contribution in [0.4, 0.5) is 0 Å². The molecule has 3 atom stereocenters. The zero-order chi connectivity index (χ0) is 24.5. The highest BCUT2D eigenvalue weighted by molar-refractivity contribution is 7.89. The molecule has 1 fully saturated rings. The summed E-state index contributed by atoms with van der Waals surface area (Å²) < 4.78 is 29.2. The number of carboxylic acid groups (broad SMARTS) is 1. The van der Waals surface area contributed by atoms with E-state index < -0.39 is 21.9 Å². The molecule has 2 aromatic rings. The number of aliphatic carboxylic acids is 1. The molecule has 180 valence electrons. The first-order chi connectivity index (χ1) is 15.4. The Morgan fingerprint density at radius 1 is 1.12 bits per heavy atom. The molecule has 0 spiro atoms. The van der Waals surface area contributed by atoms with Crippen LogP contribution in [0.2, 0.25) is 10.0 Å². The third kappa shape index (κ3) is 5.72. The van der Waals surface area contributed by atoms with E-state index in [0.717, 1.165) is 11.1 Å². The van der Waals surface area contributed by atoms with Crippen LogP contribution < -0.4 is 0 Å². The number of piperazine rings is 1.